The van der Waals surface area contributed by atoms with Crippen LogP contribution in [0.5, 0.6) is 0 Å². The number of amides is 3. The molecule has 4 rings (SSSR count). The lowest BCUT2D eigenvalue weighted by atomic mass is 10.1. The van der Waals surface area contributed by atoms with E-state index in [2.05, 4.69) is 36.0 Å². The van der Waals surface area contributed by atoms with Gasteiger partial charge in [-0.25, -0.2) is 14.9 Å². The van der Waals surface area contributed by atoms with Crippen LogP contribution < -0.4 is 16.2 Å². The van der Waals surface area contributed by atoms with Crippen LogP contribution in [0.15, 0.2) is 59.7 Å². The summed E-state index contributed by atoms with van der Waals surface area (Å²) >= 11 is 12.6. The molecule has 0 unspecified atom stereocenters. The molecule has 1 aliphatic carbocycles. The molecule has 3 N–H and O–H groups in total. The molecule has 2 aromatic heterocycles. The number of methoxy groups -OCH3 is 1. The lowest BCUT2D eigenvalue weighted by Gasteiger charge is -2.16. The van der Waals surface area contributed by atoms with Crippen molar-refractivity contribution in [2.24, 2.45) is 0 Å². The Morgan fingerprint density at radius 1 is 0.977 bits per heavy atom. The smallest absolute Gasteiger partial charge is 0.452 e. The fourth-order valence-corrected chi connectivity index (χ4v) is 4.15. The molecule has 2 heterocycles. The van der Waals surface area contributed by atoms with Crippen LogP contribution in [0.25, 0.3) is 5.70 Å². The van der Waals surface area contributed by atoms with Gasteiger partial charge in [-0.05, 0) is 48.1 Å². The fourth-order valence-electron chi connectivity index (χ4n) is 3.67. The minimum Gasteiger partial charge on any atom is -0.452 e. The molecule has 224 valence electrons. The number of hydrazine groups is 1. The second-order valence-corrected chi connectivity index (χ2v) is 9.42. The maximum atomic E-state index is 13.7. The molecule has 0 atom stereocenters. The fraction of sp³-hybridized carbons (Fsp3) is 0.160. The van der Waals surface area contributed by atoms with E-state index in [1.54, 1.807) is 43.4 Å². The van der Waals surface area contributed by atoms with Crippen molar-refractivity contribution >= 4 is 52.5 Å². The molecule has 0 bridgehead atoms. The number of benzene rings is 1. The zero-order valence-electron chi connectivity index (χ0n) is 22.1. The van der Waals surface area contributed by atoms with E-state index >= 15 is 0 Å². The van der Waals surface area contributed by atoms with Crippen molar-refractivity contribution in [3.63, 3.8) is 0 Å². The van der Waals surface area contributed by atoms with Crippen LogP contribution in [0.1, 0.15) is 37.9 Å². The number of nitrogens with zero attached hydrogens (tertiary/aromatic N) is 6. The van der Waals surface area contributed by atoms with Crippen molar-refractivity contribution in [2.45, 2.75) is 19.6 Å². The summed E-state index contributed by atoms with van der Waals surface area (Å²) in [4.78, 5) is 38.7. The number of rotatable bonds is 6. The Morgan fingerprint density at radius 3 is 2.37 bits per heavy atom. The number of aryl methyl sites for hydroxylation is 1. The molecule has 0 radical (unpaired) electrons. The molecular formula is C25H20Cl2F3N9O4. The lowest BCUT2D eigenvalue weighted by Crippen LogP contribution is -2.41. The van der Waals surface area contributed by atoms with Crippen LogP contribution in [-0.2, 0) is 17.5 Å². The molecule has 0 fully saturated rings. The largest absolute Gasteiger partial charge is 0.455 e. The Balaban J connectivity index is 1.74. The number of carbonyl (C=O) groups is 3. The van der Waals surface area contributed by atoms with Gasteiger partial charge in [-0.2, -0.15) is 23.1 Å². The third-order valence-corrected chi connectivity index (χ3v) is 6.09. The van der Waals surface area contributed by atoms with E-state index in [4.69, 9.17) is 23.2 Å². The maximum Gasteiger partial charge on any atom is 0.455 e. The van der Waals surface area contributed by atoms with Gasteiger partial charge in [-0.3, -0.25) is 15.0 Å². The number of hydrogen-bond donors (Lipinski definition) is 3. The molecule has 3 aromatic rings. The van der Waals surface area contributed by atoms with Crippen LogP contribution in [-0.4, -0.2) is 55.0 Å². The third-order valence-electron chi connectivity index (χ3n) is 5.55. The molecule has 18 heteroatoms. The van der Waals surface area contributed by atoms with Gasteiger partial charge in [0.05, 0.1) is 34.8 Å². The number of ether oxygens (including phenoxy) is 1. The topological polar surface area (TPSA) is 158 Å². The Kier molecular flexibility index (Phi) is 9.30. The normalized spacial score (nSPS) is 13.0. The highest BCUT2D eigenvalue weighted by Gasteiger charge is 2.37. The number of halogens is 5. The summed E-state index contributed by atoms with van der Waals surface area (Å²) in [6.07, 6.45) is 4.07. The molecule has 0 saturated carbocycles. The van der Waals surface area contributed by atoms with Gasteiger partial charge in [-0.1, -0.05) is 47.5 Å². The number of allylic oxidation sites excluding steroid dienone is 8. The van der Waals surface area contributed by atoms with Crippen molar-refractivity contribution in [3.8, 4) is 0 Å². The molecule has 43 heavy (non-hydrogen) atoms. The summed E-state index contributed by atoms with van der Waals surface area (Å²) in [6.45, 7) is 1.20. The van der Waals surface area contributed by atoms with E-state index in [0.717, 1.165) is 7.11 Å². The van der Waals surface area contributed by atoms with E-state index in [0.29, 0.717) is 10.4 Å². The predicted octanol–water partition coefficient (Wildman–Crippen LogP) is 4.24. The summed E-state index contributed by atoms with van der Waals surface area (Å²) in [6, 6.07) is 4.05. The monoisotopic (exact) mass is 637 g/mol. The molecule has 0 aliphatic heterocycles. The van der Waals surface area contributed by atoms with E-state index < -0.39 is 29.9 Å². The zero-order valence-corrected chi connectivity index (χ0v) is 23.6. The van der Waals surface area contributed by atoms with E-state index in [1.165, 1.54) is 22.9 Å². The van der Waals surface area contributed by atoms with Crippen molar-refractivity contribution in [2.75, 3.05) is 12.4 Å². The van der Waals surface area contributed by atoms with Gasteiger partial charge >= 0.3 is 12.3 Å². The second kappa shape index (κ2) is 12.9. The van der Waals surface area contributed by atoms with Crippen LogP contribution in [0.3, 0.4) is 0 Å². The number of aromatic nitrogens is 6. The van der Waals surface area contributed by atoms with Gasteiger partial charge in [0.15, 0.2) is 0 Å². The first-order valence-corrected chi connectivity index (χ1v) is 12.7. The average molecular weight is 638 g/mol. The maximum absolute atomic E-state index is 13.7. The Hall–Kier alpha value is -4.96. The number of tetrazole rings is 1. The summed E-state index contributed by atoms with van der Waals surface area (Å²) in [7, 11) is 1.10. The molecule has 1 aliphatic rings. The summed E-state index contributed by atoms with van der Waals surface area (Å²) in [5.74, 6) is -3.06. The number of hydrogen-bond acceptors (Lipinski definition) is 8. The van der Waals surface area contributed by atoms with Crippen LogP contribution >= 0.6 is 23.2 Å². The Bertz CT molecular complexity index is 1710. The van der Waals surface area contributed by atoms with Crippen molar-refractivity contribution in [1.29, 1.82) is 0 Å². The second-order valence-electron chi connectivity index (χ2n) is 8.58. The summed E-state index contributed by atoms with van der Waals surface area (Å²) in [5, 5.41) is 17.1. The molecular weight excluding hydrogens is 618 g/mol. The van der Waals surface area contributed by atoms with Crippen LogP contribution in [0.2, 0.25) is 5.02 Å². The van der Waals surface area contributed by atoms with Gasteiger partial charge in [0.25, 0.3) is 17.6 Å². The zero-order chi connectivity index (χ0) is 31.3. The van der Waals surface area contributed by atoms with Crippen LogP contribution in [0.4, 0.5) is 23.7 Å². The standard InChI is InChI=1S/C25H20Cl2F3N9O4/c1-13-9-14(26)10-16(21(40)32-34-24(42)43-2)20(13)31-22(41)19-11-15(12-38-36-23(33-37-38)25(28,29)30)35-39(19)18-8-6-4-3-5-7-17(18)27/h3-11H,12H2,1-2H3,(H,31,41)(H,32,40)(H,34,42). The van der Waals surface area contributed by atoms with Gasteiger partial charge in [-0.15, -0.1) is 10.2 Å². The third kappa shape index (κ3) is 7.47. The molecule has 1 aromatic carbocycles. The van der Waals surface area contributed by atoms with E-state index in [1.807, 2.05) is 5.43 Å². The quantitative estimate of drug-likeness (QED) is 0.339. The van der Waals surface area contributed by atoms with Gasteiger partial charge in [0.1, 0.15) is 12.2 Å². The van der Waals surface area contributed by atoms with Gasteiger partial charge in [0, 0.05) is 5.02 Å². The predicted molar refractivity (Wildman–Crippen MR) is 148 cm³/mol. The summed E-state index contributed by atoms with van der Waals surface area (Å²) < 4.78 is 44.5. The van der Waals surface area contributed by atoms with Gasteiger partial charge < -0.3 is 10.1 Å². The average Bonchev–Trinajstić information content (AvgIpc) is 3.58. The van der Waals surface area contributed by atoms with Crippen molar-refractivity contribution in [1.82, 2.24) is 40.8 Å². The van der Waals surface area contributed by atoms with E-state index in [-0.39, 0.29) is 44.9 Å². The minimum atomic E-state index is -4.81. The number of anilines is 1. The number of alkyl halides is 3. The van der Waals surface area contributed by atoms with Crippen LogP contribution in [0, 0.1) is 6.92 Å². The lowest BCUT2D eigenvalue weighted by molar-refractivity contribution is -0.145. The first-order chi connectivity index (χ1) is 20.4. The highest BCUT2D eigenvalue weighted by atomic mass is 35.5. The molecule has 0 spiro atoms. The highest BCUT2D eigenvalue weighted by Crippen LogP contribution is 2.28. The molecule has 3 amide bonds. The Morgan fingerprint density at radius 2 is 1.70 bits per heavy atom. The SMILES string of the molecule is COC(=O)NNC(=O)c1cc(Cl)cc(C)c1NC(=O)c1cc(Cn2nnc(C(F)(F)F)n2)nn1C1=C(Cl)C=CC=CC=C1. The van der Waals surface area contributed by atoms with Crippen molar-refractivity contribution in [3.05, 3.63) is 93.0 Å². The molecule has 0 saturated heterocycles. The molecule has 13 nitrogen and oxygen atoms in total. The first kappa shape index (κ1) is 31.0. The highest BCUT2D eigenvalue weighted by molar-refractivity contribution is 6.34. The number of carbonyl (C=O) groups excluding carboxylic acids is 3. The van der Waals surface area contributed by atoms with Crippen molar-refractivity contribution < 1.29 is 32.3 Å². The summed E-state index contributed by atoms with van der Waals surface area (Å²) in [5.41, 5.74) is 4.70. The number of nitrogens with one attached hydrogen (secondary N) is 3. The first-order valence-electron chi connectivity index (χ1n) is 12.0. The van der Waals surface area contributed by atoms with E-state index in [9.17, 15) is 27.6 Å². The Labute approximate surface area is 250 Å². The van der Waals surface area contributed by atoms with Gasteiger partial charge in [0.2, 0.25) is 0 Å². The minimum absolute atomic E-state index is 0.0386.